The van der Waals surface area contributed by atoms with Crippen molar-refractivity contribution >= 4 is 24.0 Å². The van der Waals surface area contributed by atoms with Gasteiger partial charge in [0.2, 0.25) is 0 Å². The predicted octanol–water partition coefficient (Wildman–Crippen LogP) is 0.114. The third kappa shape index (κ3) is 9.81. The second kappa shape index (κ2) is 13.3. The molecule has 0 aliphatic heterocycles. The molecular formula is C13H21I2N3. The molecule has 0 unspecified atom stereocenters. The molecule has 18 heavy (non-hydrogen) atoms. The Labute approximate surface area is 143 Å². The minimum Gasteiger partial charge on any atom is -1.00 e. The van der Waals surface area contributed by atoms with E-state index in [0.29, 0.717) is 0 Å². The molecule has 0 saturated heterocycles. The van der Waals surface area contributed by atoms with Gasteiger partial charge in [0.05, 0.1) is 6.33 Å². The molecule has 0 aliphatic carbocycles. The minimum absolute atomic E-state index is 0. The highest BCUT2D eigenvalue weighted by Gasteiger charge is 1.97. The standard InChI is InChI=1S/C10H16N.C3H4N2.2HI/c1-3-4-7-11-8-5-6-10(2)9-11;1-2-5-3-4-1;;/h5-6,8-9H,3-4,7H2,1-2H3;1-3H,(H,4,5);2*1H/q+1;;;/p-1. The monoisotopic (exact) mass is 473 g/mol. The lowest BCUT2D eigenvalue weighted by atomic mass is 10.3. The van der Waals surface area contributed by atoms with Gasteiger partial charge in [-0.3, -0.25) is 0 Å². The highest BCUT2D eigenvalue weighted by molar-refractivity contribution is 14.0. The van der Waals surface area contributed by atoms with E-state index in [9.17, 15) is 0 Å². The summed E-state index contributed by atoms with van der Waals surface area (Å²) in [6.45, 7) is 5.50. The molecule has 0 fully saturated rings. The normalized spacial score (nSPS) is 8.33. The first-order valence-electron chi connectivity index (χ1n) is 5.71. The third-order valence-corrected chi connectivity index (χ3v) is 2.18. The molecule has 0 bridgehead atoms. The lowest BCUT2D eigenvalue weighted by Gasteiger charge is -1.94. The van der Waals surface area contributed by atoms with Gasteiger partial charge in [-0.05, 0) is 13.0 Å². The zero-order chi connectivity index (χ0) is 11.6. The maximum atomic E-state index is 3.67. The number of unbranched alkanes of at least 4 members (excludes halogenated alkanes) is 1. The fourth-order valence-electron chi connectivity index (χ4n) is 1.35. The summed E-state index contributed by atoms with van der Waals surface area (Å²) in [5.74, 6) is 0. The van der Waals surface area contributed by atoms with Gasteiger partial charge in [0, 0.05) is 30.4 Å². The number of rotatable bonds is 3. The van der Waals surface area contributed by atoms with Crippen LogP contribution in [0.25, 0.3) is 0 Å². The SMILES string of the molecule is CCCC[n+]1cccc(C)c1.I.[I-].c1c[nH]cn1. The van der Waals surface area contributed by atoms with E-state index in [-0.39, 0.29) is 48.0 Å². The summed E-state index contributed by atoms with van der Waals surface area (Å²) >= 11 is 0. The summed E-state index contributed by atoms with van der Waals surface area (Å²) in [5.41, 5.74) is 1.34. The van der Waals surface area contributed by atoms with Gasteiger partial charge >= 0.3 is 0 Å². The van der Waals surface area contributed by atoms with Crippen LogP contribution >= 0.6 is 24.0 Å². The molecule has 5 heteroatoms. The van der Waals surface area contributed by atoms with Crippen LogP contribution in [-0.4, -0.2) is 9.97 Å². The molecule has 102 valence electrons. The average molecular weight is 473 g/mol. The van der Waals surface area contributed by atoms with E-state index in [1.165, 1.54) is 18.4 Å². The molecule has 0 radical (unpaired) electrons. The van der Waals surface area contributed by atoms with Crippen molar-refractivity contribution in [1.82, 2.24) is 9.97 Å². The summed E-state index contributed by atoms with van der Waals surface area (Å²) in [5, 5.41) is 0. The number of hydrogen-bond acceptors (Lipinski definition) is 1. The summed E-state index contributed by atoms with van der Waals surface area (Å²) in [6, 6.07) is 4.23. The van der Waals surface area contributed by atoms with Gasteiger partial charge in [-0.2, -0.15) is 0 Å². The molecular weight excluding hydrogens is 452 g/mol. The first-order chi connectivity index (χ1) is 7.83. The lowest BCUT2D eigenvalue weighted by molar-refractivity contribution is -0.697. The minimum atomic E-state index is 0. The predicted molar refractivity (Wildman–Crippen MR) is 80.3 cm³/mol. The molecule has 0 aromatic carbocycles. The number of aromatic amines is 1. The van der Waals surface area contributed by atoms with E-state index in [0.717, 1.165) is 6.54 Å². The number of hydrogen-bond donors (Lipinski definition) is 1. The van der Waals surface area contributed by atoms with Crippen LogP contribution in [0, 0.1) is 6.92 Å². The Hall–Kier alpha value is -0.180. The summed E-state index contributed by atoms with van der Waals surface area (Å²) < 4.78 is 2.25. The van der Waals surface area contributed by atoms with Crippen LogP contribution in [0.3, 0.4) is 0 Å². The molecule has 1 N–H and O–H groups in total. The highest BCUT2D eigenvalue weighted by atomic mass is 127. The molecule has 0 spiro atoms. The second-order valence-electron chi connectivity index (χ2n) is 3.73. The van der Waals surface area contributed by atoms with Crippen molar-refractivity contribution in [3.63, 3.8) is 0 Å². The summed E-state index contributed by atoms with van der Waals surface area (Å²) in [7, 11) is 0. The summed E-state index contributed by atoms with van der Waals surface area (Å²) in [4.78, 5) is 6.42. The topological polar surface area (TPSA) is 32.6 Å². The molecule has 2 aromatic rings. The van der Waals surface area contributed by atoms with Crippen LogP contribution in [0.2, 0.25) is 0 Å². The Morgan fingerprint density at radius 1 is 1.39 bits per heavy atom. The Bertz CT molecular complexity index is 360. The van der Waals surface area contributed by atoms with Crippen LogP contribution in [0.1, 0.15) is 25.3 Å². The van der Waals surface area contributed by atoms with Crippen molar-refractivity contribution in [3.05, 3.63) is 48.8 Å². The molecule has 0 saturated carbocycles. The van der Waals surface area contributed by atoms with E-state index in [2.05, 4.69) is 52.9 Å². The Balaban J connectivity index is 0. The molecule has 0 amide bonds. The Kier molecular flexibility index (Phi) is 14.8. The van der Waals surface area contributed by atoms with E-state index < -0.39 is 0 Å². The van der Waals surface area contributed by atoms with E-state index in [1.54, 1.807) is 18.7 Å². The van der Waals surface area contributed by atoms with Crippen molar-refractivity contribution in [2.45, 2.75) is 33.2 Å². The summed E-state index contributed by atoms with van der Waals surface area (Å²) in [6.07, 6.45) is 11.9. The highest BCUT2D eigenvalue weighted by Crippen LogP contribution is 1.91. The number of aromatic nitrogens is 3. The fraction of sp³-hybridized carbons (Fsp3) is 0.385. The first kappa shape index (κ1) is 20.1. The number of H-pyrrole nitrogens is 1. The molecule has 0 atom stereocenters. The van der Waals surface area contributed by atoms with Gasteiger partial charge < -0.3 is 29.0 Å². The zero-order valence-corrected chi connectivity index (χ0v) is 15.3. The van der Waals surface area contributed by atoms with E-state index >= 15 is 0 Å². The van der Waals surface area contributed by atoms with Crippen molar-refractivity contribution < 1.29 is 28.5 Å². The fourth-order valence-corrected chi connectivity index (χ4v) is 1.35. The van der Waals surface area contributed by atoms with Gasteiger partial charge in [-0.25, -0.2) is 9.55 Å². The average Bonchev–Trinajstić information content (AvgIpc) is 2.85. The number of nitrogens with one attached hydrogen (secondary N) is 1. The first-order valence-corrected chi connectivity index (χ1v) is 5.71. The second-order valence-corrected chi connectivity index (χ2v) is 3.73. The van der Waals surface area contributed by atoms with Gasteiger partial charge in [0.1, 0.15) is 6.54 Å². The maximum absolute atomic E-state index is 3.67. The molecule has 2 rings (SSSR count). The smallest absolute Gasteiger partial charge is 0.171 e. The molecule has 2 aromatic heterocycles. The number of imidazole rings is 1. The van der Waals surface area contributed by atoms with Crippen molar-refractivity contribution in [3.8, 4) is 0 Å². The van der Waals surface area contributed by atoms with Crippen LogP contribution < -0.4 is 28.5 Å². The van der Waals surface area contributed by atoms with E-state index in [4.69, 9.17) is 0 Å². The largest absolute Gasteiger partial charge is 1.00 e. The number of nitrogens with zero attached hydrogens (tertiary/aromatic N) is 2. The quantitative estimate of drug-likeness (QED) is 0.499. The van der Waals surface area contributed by atoms with E-state index in [1.807, 2.05) is 0 Å². The zero-order valence-electron chi connectivity index (χ0n) is 10.8. The van der Waals surface area contributed by atoms with Gasteiger partial charge in [0.15, 0.2) is 12.4 Å². The van der Waals surface area contributed by atoms with Gasteiger partial charge in [-0.1, -0.05) is 13.3 Å². The van der Waals surface area contributed by atoms with Crippen molar-refractivity contribution in [1.29, 1.82) is 0 Å². The van der Waals surface area contributed by atoms with Crippen LogP contribution in [0.15, 0.2) is 43.2 Å². The Morgan fingerprint density at radius 2 is 2.17 bits per heavy atom. The molecule has 0 aliphatic rings. The van der Waals surface area contributed by atoms with Crippen LogP contribution in [0.4, 0.5) is 0 Å². The molecule has 2 heterocycles. The van der Waals surface area contributed by atoms with Crippen LogP contribution in [0.5, 0.6) is 0 Å². The number of halogens is 2. The number of pyridine rings is 1. The molecule has 3 nitrogen and oxygen atoms in total. The van der Waals surface area contributed by atoms with Crippen molar-refractivity contribution in [2.24, 2.45) is 0 Å². The Morgan fingerprint density at radius 3 is 2.61 bits per heavy atom. The third-order valence-electron chi connectivity index (χ3n) is 2.18. The van der Waals surface area contributed by atoms with Gasteiger partial charge in [0.25, 0.3) is 0 Å². The lowest BCUT2D eigenvalue weighted by Crippen LogP contribution is -3.00. The number of aryl methyl sites for hydroxylation is 2. The van der Waals surface area contributed by atoms with Crippen molar-refractivity contribution in [2.75, 3.05) is 0 Å². The van der Waals surface area contributed by atoms with Crippen LogP contribution in [-0.2, 0) is 6.54 Å². The maximum Gasteiger partial charge on any atom is 0.171 e. The van der Waals surface area contributed by atoms with Gasteiger partial charge in [-0.15, -0.1) is 24.0 Å².